The summed E-state index contributed by atoms with van der Waals surface area (Å²) in [6, 6.07) is 6.46. The summed E-state index contributed by atoms with van der Waals surface area (Å²) in [5.41, 5.74) is 11.2. The van der Waals surface area contributed by atoms with Crippen LogP contribution in [-0.4, -0.2) is 9.78 Å². The lowest BCUT2D eigenvalue weighted by Crippen LogP contribution is -2.13. The monoisotopic (exact) mass is 321 g/mol. The molecule has 0 aliphatic heterocycles. The number of rotatable bonds is 4. The molecule has 1 heterocycles. The van der Waals surface area contributed by atoms with Gasteiger partial charge in [-0.25, -0.2) is 0 Å². The molecule has 1 atom stereocenters. The van der Waals surface area contributed by atoms with Gasteiger partial charge < -0.3 is 5.73 Å². The van der Waals surface area contributed by atoms with E-state index in [4.69, 9.17) is 5.73 Å². The Morgan fingerprint density at radius 1 is 1.32 bits per heavy atom. The maximum atomic E-state index is 6.30. The van der Waals surface area contributed by atoms with Crippen LogP contribution in [0.5, 0.6) is 0 Å². The molecule has 102 valence electrons. The van der Waals surface area contributed by atoms with E-state index in [-0.39, 0.29) is 6.04 Å². The molecule has 0 radical (unpaired) electrons. The van der Waals surface area contributed by atoms with Crippen molar-refractivity contribution in [2.75, 3.05) is 0 Å². The molecule has 0 amide bonds. The molecular formula is C15H20BrN3. The highest BCUT2D eigenvalue weighted by Crippen LogP contribution is 2.26. The van der Waals surface area contributed by atoms with Crippen molar-refractivity contribution in [3.05, 3.63) is 51.3 Å². The molecule has 0 spiro atoms. The van der Waals surface area contributed by atoms with Crippen molar-refractivity contribution >= 4 is 15.9 Å². The fourth-order valence-corrected chi connectivity index (χ4v) is 2.54. The van der Waals surface area contributed by atoms with Crippen molar-refractivity contribution in [1.29, 1.82) is 0 Å². The van der Waals surface area contributed by atoms with Gasteiger partial charge in [-0.2, -0.15) is 5.10 Å². The van der Waals surface area contributed by atoms with E-state index in [1.54, 1.807) is 0 Å². The molecule has 0 aliphatic carbocycles. The number of nitrogens with zero attached hydrogens (tertiary/aromatic N) is 2. The molecule has 19 heavy (non-hydrogen) atoms. The van der Waals surface area contributed by atoms with E-state index >= 15 is 0 Å². The van der Waals surface area contributed by atoms with Crippen LogP contribution in [-0.2, 0) is 13.5 Å². The first kappa shape index (κ1) is 14.3. The molecule has 0 fully saturated rings. The Labute approximate surface area is 122 Å². The predicted octanol–water partition coefficient (Wildman–Crippen LogP) is 3.43. The fraction of sp³-hybridized carbons (Fsp3) is 0.400. The summed E-state index contributed by atoms with van der Waals surface area (Å²) in [6.45, 7) is 4.21. The first-order chi connectivity index (χ1) is 8.99. The highest BCUT2D eigenvalue weighted by molar-refractivity contribution is 9.10. The van der Waals surface area contributed by atoms with E-state index < -0.39 is 0 Å². The van der Waals surface area contributed by atoms with Crippen LogP contribution in [0.3, 0.4) is 0 Å². The largest absolute Gasteiger partial charge is 0.324 e. The lowest BCUT2D eigenvalue weighted by Gasteiger charge is -2.15. The van der Waals surface area contributed by atoms with Crippen molar-refractivity contribution in [3.8, 4) is 0 Å². The van der Waals surface area contributed by atoms with E-state index in [0.717, 1.165) is 12.8 Å². The van der Waals surface area contributed by atoms with E-state index in [1.165, 1.54) is 26.9 Å². The van der Waals surface area contributed by atoms with Crippen molar-refractivity contribution in [2.24, 2.45) is 12.8 Å². The van der Waals surface area contributed by atoms with Crippen molar-refractivity contribution in [2.45, 2.75) is 32.7 Å². The SMILES string of the molecule is Cc1cc(C(N)CCc2ccnn2C)cc(C)c1Br. The van der Waals surface area contributed by atoms with Gasteiger partial charge in [0.2, 0.25) is 0 Å². The van der Waals surface area contributed by atoms with Gasteiger partial charge >= 0.3 is 0 Å². The quantitative estimate of drug-likeness (QED) is 0.937. The minimum atomic E-state index is 0.0698. The second kappa shape index (κ2) is 5.88. The fourth-order valence-electron chi connectivity index (χ4n) is 2.31. The van der Waals surface area contributed by atoms with Gasteiger partial charge in [0.15, 0.2) is 0 Å². The number of aryl methyl sites for hydroxylation is 4. The third-order valence-electron chi connectivity index (χ3n) is 3.52. The van der Waals surface area contributed by atoms with Gasteiger partial charge in [0, 0.05) is 29.5 Å². The normalized spacial score (nSPS) is 12.7. The zero-order valence-corrected chi connectivity index (χ0v) is 13.2. The second-order valence-corrected chi connectivity index (χ2v) is 5.85. The van der Waals surface area contributed by atoms with Crippen LogP contribution in [0.15, 0.2) is 28.9 Å². The predicted molar refractivity (Wildman–Crippen MR) is 82.1 cm³/mol. The molecule has 0 aliphatic rings. The highest BCUT2D eigenvalue weighted by Gasteiger charge is 2.10. The van der Waals surface area contributed by atoms with Crippen LogP contribution in [0.4, 0.5) is 0 Å². The standard InChI is InChI=1S/C15H20BrN3/c1-10-8-12(9-11(2)15(10)16)14(17)5-4-13-6-7-18-19(13)3/h6-9,14H,4-5,17H2,1-3H3. The number of aromatic nitrogens is 2. The zero-order valence-electron chi connectivity index (χ0n) is 11.7. The van der Waals surface area contributed by atoms with Crippen LogP contribution in [0.1, 0.15) is 34.8 Å². The summed E-state index contributed by atoms with van der Waals surface area (Å²) in [7, 11) is 1.97. The Bertz CT molecular complexity index is 552. The topological polar surface area (TPSA) is 43.8 Å². The van der Waals surface area contributed by atoms with E-state index in [2.05, 4.69) is 47.0 Å². The number of hydrogen-bond donors (Lipinski definition) is 1. The molecule has 4 heteroatoms. The Hall–Kier alpha value is -1.13. The summed E-state index contributed by atoms with van der Waals surface area (Å²) in [6.07, 6.45) is 3.71. The minimum Gasteiger partial charge on any atom is -0.324 e. The molecule has 2 rings (SSSR count). The zero-order chi connectivity index (χ0) is 14.0. The number of nitrogens with two attached hydrogens (primary N) is 1. The smallest absolute Gasteiger partial charge is 0.0492 e. The average molecular weight is 322 g/mol. The van der Waals surface area contributed by atoms with Gasteiger partial charge in [0.05, 0.1) is 0 Å². The summed E-state index contributed by atoms with van der Waals surface area (Å²) < 4.78 is 3.08. The van der Waals surface area contributed by atoms with Gasteiger partial charge in [-0.1, -0.05) is 28.1 Å². The van der Waals surface area contributed by atoms with Crippen LogP contribution in [0.25, 0.3) is 0 Å². The maximum absolute atomic E-state index is 6.30. The molecule has 1 unspecified atom stereocenters. The van der Waals surface area contributed by atoms with Crippen LogP contribution >= 0.6 is 15.9 Å². The van der Waals surface area contributed by atoms with Crippen molar-refractivity contribution in [1.82, 2.24) is 9.78 Å². The van der Waals surface area contributed by atoms with E-state index in [9.17, 15) is 0 Å². The minimum absolute atomic E-state index is 0.0698. The first-order valence-electron chi connectivity index (χ1n) is 6.48. The maximum Gasteiger partial charge on any atom is 0.0492 e. The average Bonchev–Trinajstić information content (AvgIpc) is 2.78. The summed E-state index contributed by atoms with van der Waals surface area (Å²) in [4.78, 5) is 0. The summed E-state index contributed by atoms with van der Waals surface area (Å²) in [5, 5.41) is 4.18. The van der Waals surface area contributed by atoms with Crippen LogP contribution in [0.2, 0.25) is 0 Å². The first-order valence-corrected chi connectivity index (χ1v) is 7.27. The van der Waals surface area contributed by atoms with E-state index in [0.29, 0.717) is 0 Å². The number of benzene rings is 1. The Morgan fingerprint density at radius 2 is 1.95 bits per heavy atom. The second-order valence-electron chi connectivity index (χ2n) is 5.06. The third-order valence-corrected chi connectivity index (χ3v) is 4.77. The lowest BCUT2D eigenvalue weighted by molar-refractivity contribution is 0.613. The molecule has 0 saturated carbocycles. The molecule has 0 bridgehead atoms. The summed E-state index contributed by atoms with van der Waals surface area (Å²) in [5.74, 6) is 0. The van der Waals surface area contributed by atoms with Gasteiger partial charge in [0.1, 0.15) is 0 Å². The molecule has 3 nitrogen and oxygen atoms in total. The third kappa shape index (κ3) is 3.25. The van der Waals surface area contributed by atoms with Crippen molar-refractivity contribution in [3.63, 3.8) is 0 Å². The van der Waals surface area contributed by atoms with E-state index in [1.807, 2.05) is 24.0 Å². The molecule has 2 aromatic rings. The molecule has 1 aromatic heterocycles. The Kier molecular flexibility index (Phi) is 4.42. The number of halogens is 1. The van der Waals surface area contributed by atoms with Crippen LogP contribution < -0.4 is 5.73 Å². The molecule has 2 N–H and O–H groups in total. The molecule has 1 aromatic carbocycles. The van der Waals surface area contributed by atoms with Gasteiger partial charge in [-0.3, -0.25) is 4.68 Å². The Balaban J connectivity index is 2.08. The van der Waals surface area contributed by atoms with Crippen molar-refractivity contribution < 1.29 is 0 Å². The lowest BCUT2D eigenvalue weighted by atomic mass is 9.98. The number of hydrogen-bond acceptors (Lipinski definition) is 2. The van der Waals surface area contributed by atoms with Gasteiger partial charge in [-0.15, -0.1) is 0 Å². The van der Waals surface area contributed by atoms with Crippen LogP contribution in [0, 0.1) is 13.8 Å². The molecular weight excluding hydrogens is 302 g/mol. The van der Waals surface area contributed by atoms with Gasteiger partial charge in [-0.05, 0) is 49.4 Å². The Morgan fingerprint density at radius 3 is 2.47 bits per heavy atom. The summed E-state index contributed by atoms with van der Waals surface area (Å²) >= 11 is 3.59. The highest BCUT2D eigenvalue weighted by atomic mass is 79.9. The van der Waals surface area contributed by atoms with Gasteiger partial charge in [0.25, 0.3) is 0 Å². The molecule has 0 saturated heterocycles.